The van der Waals surface area contributed by atoms with Gasteiger partial charge in [-0.3, -0.25) is 4.79 Å². The van der Waals surface area contributed by atoms with Gasteiger partial charge in [-0.15, -0.1) is 11.6 Å². The summed E-state index contributed by atoms with van der Waals surface area (Å²) >= 11 is 5.63. The number of rotatable bonds is 4. The minimum Gasteiger partial charge on any atom is -0.450 e. The zero-order valence-electron chi connectivity index (χ0n) is 10.9. The Labute approximate surface area is 113 Å². The van der Waals surface area contributed by atoms with Crippen LogP contribution in [0, 0.1) is 5.92 Å². The Balaban J connectivity index is 2.31. The number of nitrogens with zero attached hydrogens (tertiary/aromatic N) is 1. The smallest absolute Gasteiger partial charge is 0.409 e. The SMILES string of the molecule is CCOC(=O)N1CCC(NC(=O)C(C)CCl)CC1. The number of carbonyl (C=O) groups excluding carboxylic acids is 2. The van der Waals surface area contributed by atoms with Crippen LogP contribution in [0.25, 0.3) is 0 Å². The van der Waals surface area contributed by atoms with Crippen LogP contribution in [-0.4, -0.2) is 48.5 Å². The first-order chi connectivity index (χ1) is 8.58. The van der Waals surface area contributed by atoms with Gasteiger partial charge in [0.2, 0.25) is 5.91 Å². The van der Waals surface area contributed by atoms with Crippen LogP contribution in [0.15, 0.2) is 0 Å². The van der Waals surface area contributed by atoms with Crippen molar-refractivity contribution in [2.45, 2.75) is 32.7 Å². The second-order valence-electron chi connectivity index (χ2n) is 4.52. The van der Waals surface area contributed by atoms with E-state index in [1.54, 1.807) is 18.7 Å². The minimum atomic E-state index is -0.267. The maximum Gasteiger partial charge on any atom is 0.409 e. The molecule has 2 amide bonds. The number of amides is 2. The fourth-order valence-corrected chi connectivity index (χ4v) is 1.97. The lowest BCUT2D eigenvalue weighted by molar-refractivity contribution is -0.124. The van der Waals surface area contributed by atoms with Crippen molar-refractivity contribution in [3.05, 3.63) is 0 Å². The molecule has 104 valence electrons. The van der Waals surface area contributed by atoms with Crippen LogP contribution in [0.5, 0.6) is 0 Å². The lowest BCUT2D eigenvalue weighted by Gasteiger charge is -2.32. The molecule has 1 heterocycles. The number of nitrogens with one attached hydrogen (secondary N) is 1. The van der Waals surface area contributed by atoms with Crippen molar-refractivity contribution in [1.29, 1.82) is 0 Å². The average Bonchev–Trinajstić information content (AvgIpc) is 2.38. The first-order valence-corrected chi connectivity index (χ1v) is 6.90. The molecule has 0 aromatic heterocycles. The molecule has 5 nitrogen and oxygen atoms in total. The quantitative estimate of drug-likeness (QED) is 0.794. The van der Waals surface area contributed by atoms with Gasteiger partial charge < -0.3 is 15.0 Å². The van der Waals surface area contributed by atoms with E-state index in [0.29, 0.717) is 25.6 Å². The summed E-state index contributed by atoms with van der Waals surface area (Å²) in [7, 11) is 0. The summed E-state index contributed by atoms with van der Waals surface area (Å²) in [5.41, 5.74) is 0. The van der Waals surface area contributed by atoms with Gasteiger partial charge in [0.25, 0.3) is 0 Å². The highest BCUT2D eigenvalue weighted by Crippen LogP contribution is 2.12. The van der Waals surface area contributed by atoms with Gasteiger partial charge in [-0.2, -0.15) is 0 Å². The van der Waals surface area contributed by atoms with Crippen LogP contribution in [0.3, 0.4) is 0 Å². The number of piperidine rings is 1. The Bertz CT molecular complexity index is 291. The van der Waals surface area contributed by atoms with Gasteiger partial charge in [0.1, 0.15) is 0 Å². The molecule has 0 aromatic carbocycles. The van der Waals surface area contributed by atoms with E-state index < -0.39 is 0 Å². The first kappa shape index (κ1) is 15.1. The molecule has 1 fully saturated rings. The number of ether oxygens (including phenoxy) is 1. The van der Waals surface area contributed by atoms with Crippen LogP contribution < -0.4 is 5.32 Å². The zero-order chi connectivity index (χ0) is 13.5. The molecule has 18 heavy (non-hydrogen) atoms. The van der Waals surface area contributed by atoms with Crippen molar-refractivity contribution in [3.63, 3.8) is 0 Å². The van der Waals surface area contributed by atoms with E-state index in [1.165, 1.54) is 0 Å². The summed E-state index contributed by atoms with van der Waals surface area (Å²) in [5.74, 6) is 0.141. The molecule has 1 aliphatic rings. The number of alkyl halides is 1. The van der Waals surface area contributed by atoms with Crippen molar-refractivity contribution in [2.24, 2.45) is 5.92 Å². The summed E-state index contributed by atoms with van der Waals surface area (Å²) in [6, 6.07) is 0.133. The second-order valence-corrected chi connectivity index (χ2v) is 4.83. The number of likely N-dealkylation sites (tertiary alicyclic amines) is 1. The van der Waals surface area contributed by atoms with Crippen LogP contribution in [0.2, 0.25) is 0 Å². The molecule has 0 radical (unpaired) electrons. The summed E-state index contributed by atoms with van der Waals surface area (Å²) < 4.78 is 4.94. The maximum absolute atomic E-state index is 11.7. The Morgan fingerprint density at radius 1 is 1.44 bits per heavy atom. The van der Waals surface area contributed by atoms with E-state index in [0.717, 1.165) is 12.8 Å². The fourth-order valence-electron chi connectivity index (χ4n) is 1.83. The molecule has 1 rings (SSSR count). The Morgan fingerprint density at radius 2 is 2.06 bits per heavy atom. The van der Waals surface area contributed by atoms with Crippen LogP contribution in [0.4, 0.5) is 4.79 Å². The average molecular weight is 277 g/mol. The van der Waals surface area contributed by atoms with Gasteiger partial charge >= 0.3 is 6.09 Å². The van der Waals surface area contributed by atoms with Crippen molar-refractivity contribution >= 4 is 23.6 Å². The van der Waals surface area contributed by atoms with E-state index in [2.05, 4.69) is 5.32 Å². The third-order valence-corrected chi connectivity index (χ3v) is 3.51. The summed E-state index contributed by atoms with van der Waals surface area (Å²) in [6.45, 7) is 5.23. The third-order valence-electron chi connectivity index (χ3n) is 3.05. The highest BCUT2D eigenvalue weighted by atomic mass is 35.5. The molecule has 0 bridgehead atoms. The normalized spacial score (nSPS) is 18.3. The molecule has 0 aromatic rings. The molecule has 1 atom stereocenters. The second kappa shape index (κ2) is 7.46. The Hall–Kier alpha value is -0.970. The van der Waals surface area contributed by atoms with Crippen LogP contribution in [0.1, 0.15) is 26.7 Å². The summed E-state index contributed by atoms with van der Waals surface area (Å²) in [6.07, 6.45) is 1.26. The van der Waals surface area contributed by atoms with E-state index in [4.69, 9.17) is 16.3 Å². The number of carbonyl (C=O) groups is 2. The molecule has 0 spiro atoms. The van der Waals surface area contributed by atoms with Crippen LogP contribution >= 0.6 is 11.6 Å². The summed E-state index contributed by atoms with van der Waals surface area (Å²) in [4.78, 5) is 24.8. The predicted molar refractivity (Wildman–Crippen MR) is 69.6 cm³/mol. The topological polar surface area (TPSA) is 58.6 Å². The number of hydrogen-bond acceptors (Lipinski definition) is 3. The van der Waals surface area contributed by atoms with Gasteiger partial charge in [0.15, 0.2) is 0 Å². The van der Waals surface area contributed by atoms with Crippen LogP contribution in [-0.2, 0) is 9.53 Å². The van der Waals surface area contributed by atoms with Gasteiger partial charge in [-0.1, -0.05) is 6.92 Å². The molecular formula is C12H21ClN2O3. The van der Waals surface area contributed by atoms with Crippen molar-refractivity contribution < 1.29 is 14.3 Å². The molecule has 1 unspecified atom stereocenters. The fraction of sp³-hybridized carbons (Fsp3) is 0.833. The maximum atomic E-state index is 11.7. The lowest BCUT2D eigenvalue weighted by atomic mass is 10.0. The molecule has 1 aliphatic heterocycles. The number of halogens is 1. The van der Waals surface area contributed by atoms with Gasteiger partial charge in [-0.25, -0.2) is 4.79 Å². The highest BCUT2D eigenvalue weighted by Gasteiger charge is 2.25. The van der Waals surface area contributed by atoms with E-state index in [-0.39, 0.29) is 24.0 Å². The first-order valence-electron chi connectivity index (χ1n) is 6.36. The van der Waals surface area contributed by atoms with Gasteiger partial charge in [0.05, 0.1) is 6.61 Å². The van der Waals surface area contributed by atoms with E-state index in [1.807, 2.05) is 0 Å². The molecule has 1 N–H and O–H groups in total. The molecular weight excluding hydrogens is 256 g/mol. The Kier molecular flexibility index (Phi) is 6.25. The molecule has 1 saturated heterocycles. The largest absolute Gasteiger partial charge is 0.450 e. The highest BCUT2D eigenvalue weighted by molar-refractivity contribution is 6.19. The van der Waals surface area contributed by atoms with E-state index >= 15 is 0 Å². The molecule has 0 saturated carbocycles. The van der Waals surface area contributed by atoms with Crippen molar-refractivity contribution in [2.75, 3.05) is 25.6 Å². The van der Waals surface area contributed by atoms with Gasteiger partial charge in [-0.05, 0) is 19.8 Å². The van der Waals surface area contributed by atoms with E-state index in [9.17, 15) is 9.59 Å². The van der Waals surface area contributed by atoms with Crippen molar-refractivity contribution in [3.8, 4) is 0 Å². The van der Waals surface area contributed by atoms with Crippen molar-refractivity contribution in [1.82, 2.24) is 10.2 Å². The number of hydrogen-bond donors (Lipinski definition) is 1. The predicted octanol–water partition coefficient (Wildman–Crippen LogP) is 1.60. The summed E-state index contributed by atoms with van der Waals surface area (Å²) in [5, 5.41) is 2.96. The zero-order valence-corrected chi connectivity index (χ0v) is 11.7. The molecule has 6 heteroatoms. The lowest BCUT2D eigenvalue weighted by Crippen LogP contribution is -2.47. The monoisotopic (exact) mass is 276 g/mol. The Morgan fingerprint density at radius 3 is 2.56 bits per heavy atom. The van der Waals surface area contributed by atoms with Gasteiger partial charge in [0, 0.05) is 30.9 Å². The standard InChI is InChI=1S/C12H21ClN2O3/c1-3-18-12(17)15-6-4-10(5-7-15)14-11(16)9(2)8-13/h9-10H,3-8H2,1-2H3,(H,14,16). The minimum absolute atomic E-state index is 0.0143. The molecule has 0 aliphatic carbocycles. The third kappa shape index (κ3) is 4.37.